The summed E-state index contributed by atoms with van der Waals surface area (Å²) >= 11 is 0. The number of H-pyrrole nitrogens is 1. The van der Waals surface area contributed by atoms with Crippen LogP contribution in [0.25, 0.3) is 11.3 Å². The first kappa shape index (κ1) is 13.4. The highest BCUT2D eigenvalue weighted by Crippen LogP contribution is 2.23. The highest BCUT2D eigenvalue weighted by molar-refractivity contribution is 5.62. The van der Waals surface area contributed by atoms with Crippen LogP contribution in [0.5, 0.6) is 0 Å². The van der Waals surface area contributed by atoms with E-state index in [0.29, 0.717) is 6.04 Å². The third-order valence-electron chi connectivity index (χ3n) is 4.17. The van der Waals surface area contributed by atoms with Crippen molar-refractivity contribution in [3.63, 3.8) is 0 Å². The lowest BCUT2D eigenvalue weighted by Crippen LogP contribution is -2.24. The fourth-order valence-corrected chi connectivity index (χ4v) is 2.96. The summed E-state index contributed by atoms with van der Waals surface area (Å²) in [6, 6.07) is 9.35. The molecule has 0 saturated carbocycles. The van der Waals surface area contributed by atoms with Crippen molar-refractivity contribution in [1.82, 2.24) is 15.3 Å². The Bertz CT molecular complexity index is 562. The zero-order chi connectivity index (χ0) is 13.9. The summed E-state index contributed by atoms with van der Waals surface area (Å²) in [5, 5.41) is 3.53. The average molecular weight is 269 g/mol. The van der Waals surface area contributed by atoms with Gasteiger partial charge in [0.2, 0.25) is 0 Å². The molecule has 2 aromatic rings. The third kappa shape index (κ3) is 2.78. The van der Waals surface area contributed by atoms with Gasteiger partial charge in [0.15, 0.2) is 0 Å². The van der Waals surface area contributed by atoms with Crippen LogP contribution >= 0.6 is 0 Å². The van der Waals surface area contributed by atoms with E-state index < -0.39 is 0 Å². The number of aryl methyl sites for hydroxylation is 2. The van der Waals surface area contributed by atoms with Crippen molar-refractivity contribution in [1.29, 1.82) is 0 Å². The molecule has 1 aliphatic heterocycles. The van der Waals surface area contributed by atoms with Gasteiger partial charge in [-0.15, -0.1) is 0 Å². The van der Waals surface area contributed by atoms with Crippen LogP contribution in [0.2, 0.25) is 0 Å². The quantitative estimate of drug-likeness (QED) is 0.894. The normalized spacial score (nSPS) is 18.6. The van der Waals surface area contributed by atoms with Gasteiger partial charge < -0.3 is 10.3 Å². The summed E-state index contributed by atoms with van der Waals surface area (Å²) in [5.74, 6) is 1.11. The van der Waals surface area contributed by atoms with Crippen molar-refractivity contribution in [2.45, 2.75) is 45.6 Å². The number of hydrogen-bond acceptors (Lipinski definition) is 2. The number of imidazole rings is 1. The predicted octanol–water partition coefficient (Wildman–Crippen LogP) is 3.24. The average Bonchev–Trinajstić information content (AvgIpc) is 3.09. The largest absolute Gasteiger partial charge is 0.346 e. The Labute approximate surface area is 120 Å². The van der Waals surface area contributed by atoms with E-state index in [9.17, 15) is 0 Å². The summed E-state index contributed by atoms with van der Waals surface area (Å²) < 4.78 is 0. The number of aromatic nitrogens is 2. The molecule has 1 aliphatic rings. The Balaban J connectivity index is 1.80. The van der Waals surface area contributed by atoms with E-state index in [0.717, 1.165) is 30.9 Å². The predicted molar refractivity (Wildman–Crippen MR) is 82.9 cm³/mol. The van der Waals surface area contributed by atoms with E-state index in [1.165, 1.54) is 29.7 Å². The molecule has 1 unspecified atom stereocenters. The third-order valence-corrected chi connectivity index (χ3v) is 4.17. The number of benzene rings is 1. The van der Waals surface area contributed by atoms with Gasteiger partial charge in [-0.1, -0.05) is 31.2 Å². The lowest BCUT2D eigenvalue weighted by molar-refractivity contribution is 0.588. The van der Waals surface area contributed by atoms with Gasteiger partial charge >= 0.3 is 0 Å². The first-order valence-corrected chi connectivity index (χ1v) is 7.64. The zero-order valence-corrected chi connectivity index (χ0v) is 12.4. The van der Waals surface area contributed by atoms with Crippen molar-refractivity contribution >= 4 is 0 Å². The second-order valence-electron chi connectivity index (χ2n) is 5.70. The number of hydrogen-bond donors (Lipinski definition) is 2. The van der Waals surface area contributed by atoms with Crippen molar-refractivity contribution in [3.05, 3.63) is 41.3 Å². The molecule has 0 radical (unpaired) electrons. The van der Waals surface area contributed by atoms with Gasteiger partial charge in [0, 0.05) is 23.7 Å². The minimum Gasteiger partial charge on any atom is -0.346 e. The lowest BCUT2D eigenvalue weighted by atomic mass is 10.1. The van der Waals surface area contributed by atoms with Crippen LogP contribution in [0.1, 0.15) is 36.8 Å². The van der Waals surface area contributed by atoms with Gasteiger partial charge in [0.1, 0.15) is 5.82 Å². The SMILES string of the molecule is CCc1ccc(-c2nc(CC3CCCN3)[nH]c2C)cc1. The standard InChI is InChI=1S/C17H23N3/c1-3-13-6-8-14(9-7-13)17-12(2)19-16(20-17)11-15-5-4-10-18-15/h6-9,15,18H,3-5,10-11H2,1-2H3,(H,19,20). The Morgan fingerprint density at radius 2 is 2.05 bits per heavy atom. The van der Waals surface area contributed by atoms with E-state index in [1.54, 1.807) is 0 Å². The zero-order valence-electron chi connectivity index (χ0n) is 12.4. The molecule has 0 aliphatic carbocycles. The van der Waals surface area contributed by atoms with E-state index in [-0.39, 0.29) is 0 Å². The van der Waals surface area contributed by atoms with Crippen molar-refractivity contribution in [2.75, 3.05) is 6.54 Å². The van der Waals surface area contributed by atoms with Gasteiger partial charge in [-0.3, -0.25) is 0 Å². The molecule has 1 aromatic heterocycles. The second-order valence-corrected chi connectivity index (χ2v) is 5.70. The summed E-state index contributed by atoms with van der Waals surface area (Å²) in [6.07, 6.45) is 4.64. The van der Waals surface area contributed by atoms with Crippen LogP contribution < -0.4 is 5.32 Å². The maximum absolute atomic E-state index is 4.80. The van der Waals surface area contributed by atoms with Crippen molar-refractivity contribution in [3.8, 4) is 11.3 Å². The Kier molecular flexibility index (Phi) is 3.88. The summed E-state index contributed by atoms with van der Waals surface area (Å²) in [6.45, 7) is 5.44. The van der Waals surface area contributed by atoms with E-state index in [4.69, 9.17) is 4.98 Å². The molecule has 1 atom stereocenters. The Morgan fingerprint density at radius 3 is 2.70 bits per heavy atom. The molecule has 0 amide bonds. The smallest absolute Gasteiger partial charge is 0.108 e. The maximum atomic E-state index is 4.80. The fraction of sp³-hybridized carbons (Fsp3) is 0.471. The minimum absolute atomic E-state index is 0.593. The molecule has 20 heavy (non-hydrogen) atoms. The second kappa shape index (κ2) is 5.80. The molecule has 3 rings (SSSR count). The molecule has 2 heterocycles. The van der Waals surface area contributed by atoms with Gasteiger partial charge in [0.05, 0.1) is 5.69 Å². The maximum Gasteiger partial charge on any atom is 0.108 e. The lowest BCUT2D eigenvalue weighted by Gasteiger charge is -2.06. The highest BCUT2D eigenvalue weighted by atomic mass is 15.0. The molecule has 0 bridgehead atoms. The number of nitrogens with zero attached hydrogens (tertiary/aromatic N) is 1. The molecule has 1 fully saturated rings. The molecule has 1 saturated heterocycles. The number of nitrogens with one attached hydrogen (secondary N) is 2. The molecule has 0 spiro atoms. The van der Waals surface area contributed by atoms with Crippen LogP contribution in [0.15, 0.2) is 24.3 Å². The molecule has 3 heteroatoms. The summed E-state index contributed by atoms with van der Waals surface area (Å²) in [7, 11) is 0. The Hall–Kier alpha value is -1.61. The monoisotopic (exact) mass is 269 g/mol. The molecular formula is C17H23N3. The van der Waals surface area contributed by atoms with E-state index in [1.807, 2.05) is 0 Å². The molecule has 106 valence electrons. The van der Waals surface area contributed by atoms with Crippen LogP contribution in [-0.2, 0) is 12.8 Å². The number of rotatable bonds is 4. The van der Waals surface area contributed by atoms with Crippen LogP contribution in [0.3, 0.4) is 0 Å². The highest BCUT2D eigenvalue weighted by Gasteiger charge is 2.17. The van der Waals surface area contributed by atoms with Crippen LogP contribution in [0, 0.1) is 6.92 Å². The van der Waals surface area contributed by atoms with Crippen molar-refractivity contribution < 1.29 is 0 Å². The Morgan fingerprint density at radius 1 is 1.25 bits per heavy atom. The van der Waals surface area contributed by atoms with Gasteiger partial charge in [-0.2, -0.15) is 0 Å². The first-order chi connectivity index (χ1) is 9.76. The summed E-state index contributed by atoms with van der Waals surface area (Å²) in [4.78, 5) is 8.25. The van der Waals surface area contributed by atoms with Crippen LogP contribution in [-0.4, -0.2) is 22.6 Å². The van der Waals surface area contributed by atoms with E-state index >= 15 is 0 Å². The van der Waals surface area contributed by atoms with E-state index in [2.05, 4.69) is 48.4 Å². The summed E-state index contributed by atoms with van der Waals surface area (Å²) in [5.41, 5.74) is 4.85. The van der Waals surface area contributed by atoms with Gasteiger partial charge in [-0.25, -0.2) is 4.98 Å². The minimum atomic E-state index is 0.593. The van der Waals surface area contributed by atoms with Crippen LogP contribution in [0.4, 0.5) is 0 Å². The van der Waals surface area contributed by atoms with Crippen molar-refractivity contribution in [2.24, 2.45) is 0 Å². The molecule has 1 aromatic carbocycles. The molecule has 2 N–H and O–H groups in total. The topological polar surface area (TPSA) is 40.7 Å². The fourth-order valence-electron chi connectivity index (χ4n) is 2.96. The molecule has 3 nitrogen and oxygen atoms in total. The first-order valence-electron chi connectivity index (χ1n) is 7.64. The number of aromatic amines is 1. The van der Waals surface area contributed by atoms with Gasteiger partial charge in [0.25, 0.3) is 0 Å². The van der Waals surface area contributed by atoms with Gasteiger partial charge in [-0.05, 0) is 38.3 Å². The molecular weight excluding hydrogens is 246 g/mol.